The molecule has 1 aliphatic rings. The summed E-state index contributed by atoms with van der Waals surface area (Å²) in [7, 11) is 0. The minimum Gasteiger partial charge on any atom is -0.456 e. The number of rotatable bonds is 3. The largest absolute Gasteiger partial charge is 0.456 e. The number of amides is 1. The summed E-state index contributed by atoms with van der Waals surface area (Å²) in [5.74, 6) is 4.46. The molecule has 0 aliphatic carbocycles. The molecule has 1 rings (SSSR count). The van der Waals surface area contributed by atoms with E-state index in [-0.39, 0.29) is 31.5 Å². The van der Waals surface area contributed by atoms with Crippen LogP contribution in [0.25, 0.3) is 0 Å². The average molecular weight is 297 g/mol. The molecular weight excluding hydrogens is 274 g/mol. The fraction of sp³-hybridized carbons (Fsp3) is 0.733. The lowest BCUT2D eigenvalue weighted by Crippen LogP contribution is -2.46. The van der Waals surface area contributed by atoms with E-state index in [1.165, 1.54) is 0 Å². The topological polar surface area (TPSA) is 76.1 Å². The first-order valence-electron chi connectivity index (χ1n) is 7.20. The summed E-state index contributed by atoms with van der Waals surface area (Å²) in [5.41, 5.74) is -1.25. The Kier molecular flexibility index (Phi) is 6.50. The Labute approximate surface area is 125 Å². The number of carbonyl (C=O) groups is 2. The summed E-state index contributed by atoms with van der Waals surface area (Å²) in [6.45, 7) is 6.95. The van der Waals surface area contributed by atoms with Crippen LogP contribution in [-0.2, 0) is 14.3 Å². The van der Waals surface area contributed by atoms with Gasteiger partial charge >= 0.3 is 12.1 Å². The standard InChI is InChI=1S/C15H23NO5/c1-4-20-13(17)5-6-15(19)7-9-16(10-8-15)14(18)21-11-12(2)3/h12,19H,4,7-11H2,1-3H3. The van der Waals surface area contributed by atoms with Crippen LogP contribution < -0.4 is 0 Å². The van der Waals surface area contributed by atoms with Crippen molar-refractivity contribution in [3.05, 3.63) is 0 Å². The normalized spacial score (nSPS) is 16.9. The van der Waals surface area contributed by atoms with Crippen molar-refractivity contribution in [1.29, 1.82) is 0 Å². The van der Waals surface area contributed by atoms with Gasteiger partial charge in [-0.2, -0.15) is 0 Å². The Hall–Kier alpha value is -1.74. The number of hydrogen-bond donors (Lipinski definition) is 1. The lowest BCUT2D eigenvalue weighted by Gasteiger charge is -2.34. The Morgan fingerprint density at radius 2 is 1.90 bits per heavy atom. The SMILES string of the molecule is CCOC(=O)C#CC1(O)CCN(C(=O)OCC(C)C)CC1. The van der Waals surface area contributed by atoms with Crippen LogP contribution in [0.15, 0.2) is 0 Å². The van der Waals surface area contributed by atoms with Crippen molar-refractivity contribution in [3.63, 3.8) is 0 Å². The molecule has 0 aromatic carbocycles. The molecule has 1 fully saturated rings. The fourth-order valence-electron chi connectivity index (χ4n) is 1.85. The fourth-order valence-corrected chi connectivity index (χ4v) is 1.85. The van der Waals surface area contributed by atoms with Crippen molar-refractivity contribution in [1.82, 2.24) is 4.90 Å². The highest BCUT2D eigenvalue weighted by molar-refractivity contribution is 5.88. The summed E-state index contributed by atoms with van der Waals surface area (Å²) in [6, 6.07) is 0. The van der Waals surface area contributed by atoms with Crippen molar-refractivity contribution in [2.75, 3.05) is 26.3 Å². The zero-order chi connectivity index (χ0) is 15.9. The van der Waals surface area contributed by atoms with E-state index >= 15 is 0 Å². The molecule has 0 aromatic rings. The van der Waals surface area contributed by atoms with Gasteiger partial charge in [0.1, 0.15) is 5.60 Å². The van der Waals surface area contributed by atoms with Gasteiger partial charge in [-0.15, -0.1) is 0 Å². The van der Waals surface area contributed by atoms with Gasteiger partial charge in [0, 0.05) is 31.9 Å². The summed E-state index contributed by atoms with van der Waals surface area (Å²) >= 11 is 0. The second-order valence-corrected chi connectivity index (χ2v) is 5.46. The molecule has 0 saturated carbocycles. The van der Waals surface area contributed by atoms with E-state index in [1.54, 1.807) is 11.8 Å². The van der Waals surface area contributed by atoms with Crippen LogP contribution >= 0.6 is 0 Å². The van der Waals surface area contributed by atoms with E-state index in [1.807, 2.05) is 13.8 Å². The smallest absolute Gasteiger partial charge is 0.409 e. The second kappa shape index (κ2) is 7.89. The van der Waals surface area contributed by atoms with E-state index in [0.29, 0.717) is 19.7 Å². The maximum Gasteiger partial charge on any atom is 0.409 e. The summed E-state index contributed by atoms with van der Waals surface area (Å²) in [4.78, 5) is 24.5. The molecule has 0 spiro atoms. The number of carbonyl (C=O) groups excluding carboxylic acids is 2. The van der Waals surface area contributed by atoms with Crippen molar-refractivity contribution < 1.29 is 24.2 Å². The van der Waals surface area contributed by atoms with Gasteiger partial charge in [-0.05, 0) is 12.8 Å². The Balaban J connectivity index is 2.46. The van der Waals surface area contributed by atoms with Crippen molar-refractivity contribution >= 4 is 12.1 Å². The number of likely N-dealkylation sites (tertiary alicyclic amines) is 1. The molecule has 6 heteroatoms. The minimum atomic E-state index is -1.25. The van der Waals surface area contributed by atoms with Gasteiger partial charge < -0.3 is 19.5 Å². The molecule has 1 aliphatic heterocycles. The van der Waals surface area contributed by atoms with E-state index in [0.717, 1.165) is 0 Å². The van der Waals surface area contributed by atoms with E-state index < -0.39 is 11.6 Å². The Bertz CT molecular complexity index is 427. The van der Waals surface area contributed by atoms with Crippen LogP contribution in [0.5, 0.6) is 0 Å². The molecule has 1 N–H and O–H groups in total. The zero-order valence-corrected chi connectivity index (χ0v) is 12.8. The van der Waals surface area contributed by atoms with Crippen molar-refractivity contribution in [3.8, 4) is 11.8 Å². The van der Waals surface area contributed by atoms with Gasteiger partial charge in [0.2, 0.25) is 0 Å². The van der Waals surface area contributed by atoms with Gasteiger partial charge in [0.05, 0.1) is 13.2 Å². The lowest BCUT2D eigenvalue weighted by atomic mass is 9.92. The molecule has 0 bridgehead atoms. The molecule has 0 radical (unpaired) electrons. The lowest BCUT2D eigenvalue weighted by molar-refractivity contribution is -0.136. The number of esters is 1. The van der Waals surface area contributed by atoms with E-state index in [4.69, 9.17) is 4.74 Å². The third kappa shape index (κ3) is 6.05. The Morgan fingerprint density at radius 1 is 1.29 bits per heavy atom. The maximum atomic E-state index is 11.8. The maximum absolute atomic E-state index is 11.8. The highest BCUT2D eigenvalue weighted by Gasteiger charge is 2.33. The predicted molar refractivity (Wildman–Crippen MR) is 76.4 cm³/mol. The summed E-state index contributed by atoms with van der Waals surface area (Å²) in [5, 5.41) is 10.2. The highest BCUT2D eigenvalue weighted by atomic mass is 16.6. The van der Waals surface area contributed by atoms with Gasteiger partial charge in [0.15, 0.2) is 0 Å². The number of aliphatic hydroxyl groups is 1. The minimum absolute atomic E-state index is 0.251. The molecule has 21 heavy (non-hydrogen) atoms. The van der Waals surface area contributed by atoms with Crippen LogP contribution in [0.4, 0.5) is 4.79 Å². The van der Waals surface area contributed by atoms with Crippen molar-refractivity contribution in [2.45, 2.75) is 39.2 Å². The van der Waals surface area contributed by atoms with Crippen molar-refractivity contribution in [2.24, 2.45) is 5.92 Å². The molecule has 0 atom stereocenters. The van der Waals surface area contributed by atoms with Crippen LogP contribution in [-0.4, -0.2) is 54.0 Å². The number of piperidine rings is 1. The molecule has 1 amide bonds. The highest BCUT2D eigenvalue weighted by Crippen LogP contribution is 2.21. The van der Waals surface area contributed by atoms with Crippen LogP contribution in [0.2, 0.25) is 0 Å². The van der Waals surface area contributed by atoms with Crippen LogP contribution in [0.3, 0.4) is 0 Å². The molecular formula is C15H23NO5. The zero-order valence-electron chi connectivity index (χ0n) is 12.8. The first kappa shape index (κ1) is 17.3. The van der Waals surface area contributed by atoms with E-state index in [2.05, 4.69) is 16.6 Å². The van der Waals surface area contributed by atoms with Gasteiger partial charge in [0.25, 0.3) is 0 Å². The monoisotopic (exact) mass is 297 g/mol. The molecule has 0 aromatic heterocycles. The molecule has 1 saturated heterocycles. The average Bonchev–Trinajstić information content (AvgIpc) is 2.44. The first-order valence-corrected chi connectivity index (χ1v) is 7.20. The molecule has 6 nitrogen and oxygen atoms in total. The number of hydrogen-bond acceptors (Lipinski definition) is 5. The van der Waals surface area contributed by atoms with Gasteiger partial charge in [-0.1, -0.05) is 19.8 Å². The second-order valence-electron chi connectivity index (χ2n) is 5.46. The van der Waals surface area contributed by atoms with Gasteiger partial charge in [-0.3, -0.25) is 0 Å². The molecule has 1 heterocycles. The predicted octanol–water partition coefficient (Wildman–Crippen LogP) is 1.17. The number of ether oxygens (including phenoxy) is 2. The third-order valence-corrected chi connectivity index (χ3v) is 3.06. The van der Waals surface area contributed by atoms with E-state index in [9.17, 15) is 14.7 Å². The number of nitrogens with zero attached hydrogens (tertiary/aromatic N) is 1. The summed E-state index contributed by atoms with van der Waals surface area (Å²) in [6.07, 6.45) is 0.205. The van der Waals surface area contributed by atoms with Crippen LogP contribution in [0.1, 0.15) is 33.6 Å². The van der Waals surface area contributed by atoms with Gasteiger partial charge in [-0.25, -0.2) is 9.59 Å². The molecule has 118 valence electrons. The molecule has 0 unspecified atom stereocenters. The Morgan fingerprint density at radius 3 is 2.43 bits per heavy atom. The first-order chi connectivity index (χ1) is 9.86. The third-order valence-electron chi connectivity index (χ3n) is 3.06. The quantitative estimate of drug-likeness (QED) is 0.481. The van der Waals surface area contributed by atoms with Crippen LogP contribution in [0, 0.1) is 17.8 Å². The summed E-state index contributed by atoms with van der Waals surface area (Å²) < 4.78 is 9.82.